The van der Waals surface area contributed by atoms with Crippen LogP contribution in [0.4, 0.5) is 0 Å². The summed E-state index contributed by atoms with van der Waals surface area (Å²) in [5.74, 6) is 6.94. The monoisotopic (exact) mass is 894 g/mol. The first-order valence-electron chi connectivity index (χ1n) is 24.2. The Labute approximate surface area is 387 Å². The fraction of sp³-hybridized carbons (Fsp3) is 0.434. The number of hydrogen-bond acceptors (Lipinski definition) is 8. The molecule has 14 heteroatoms. The largest absolute Gasteiger partial charge is 0.494 e. The molecule has 2 aliphatic heterocycles. The Balaban J connectivity index is 0.782. The molecule has 14 rings (SSSR count). The predicted molar refractivity (Wildman–Crippen MR) is 255 cm³/mol. The maximum absolute atomic E-state index is 14.8. The number of imidazole rings is 2. The zero-order chi connectivity index (χ0) is 45.5. The molecule has 2 amide bonds. The fourth-order valence-corrected chi connectivity index (χ4v) is 14.5. The highest BCUT2D eigenvalue weighted by Crippen LogP contribution is 2.67. The molecule has 6 fully saturated rings. The van der Waals surface area contributed by atoms with Gasteiger partial charge in [0, 0.05) is 92.1 Å². The number of carbonyl (C=O) groups is 2. The second kappa shape index (κ2) is 13.7. The van der Waals surface area contributed by atoms with Gasteiger partial charge in [-0.25, -0.2) is 19.9 Å². The molecule has 340 valence electrons. The average Bonchev–Trinajstić information content (AvgIpc) is 4.08. The zero-order valence-electron chi connectivity index (χ0n) is 39.0. The number of benzene rings is 2. The van der Waals surface area contributed by atoms with Crippen molar-refractivity contribution < 1.29 is 19.1 Å². The van der Waals surface area contributed by atoms with Gasteiger partial charge in [0.1, 0.15) is 33.8 Å². The Kier molecular flexibility index (Phi) is 8.07. The second-order valence-corrected chi connectivity index (χ2v) is 20.5. The Morgan fingerprint density at radius 1 is 0.672 bits per heavy atom. The minimum absolute atomic E-state index is 0.0254. The number of likely N-dealkylation sites (tertiary alicyclic amines) is 2. The molecule has 14 nitrogen and oxygen atoms in total. The third-order valence-electron chi connectivity index (χ3n) is 17.6. The number of nitrogens with zero attached hydrogens (tertiary/aromatic N) is 10. The van der Waals surface area contributed by atoms with Crippen molar-refractivity contribution in [2.45, 2.75) is 71.1 Å². The SMILES string of the molecule is CCn1c(-c2nc3cc(C(=O)N4C[C@H]5CC6C[C@@H]4[C@H]65)cc(OC)c3n2C)cc2cc(C3C4C[C@@H]5CN(C(=O)c6cc(OC)c7c(c6)nc(-c6cc8ccc(C)nc8n6CC)n7C)[C@H]3[C@H]45)cnc21. The van der Waals surface area contributed by atoms with Gasteiger partial charge in [-0.3, -0.25) is 9.59 Å². The van der Waals surface area contributed by atoms with E-state index in [1.807, 2.05) is 51.4 Å². The molecule has 3 unspecified atom stereocenters. The van der Waals surface area contributed by atoms with Crippen LogP contribution in [0.3, 0.4) is 0 Å². The molecule has 6 aromatic heterocycles. The highest BCUT2D eigenvalue weighted by atomic mass is 16.5. The number of pyridine rings is 2. The topological polar surface area (TPSA) is 130 Å². The van der Waals surface area contributed by atoms with Crippen molar-refractivity contribution in [1.29, 1.82) is 0 Å². The first-order chi connectivity index (χ1) is 32.6. The number of aryl methyl sites for hydroxylation is 5. The number of methoxy groups -OCH3 is 2. The van der Waals surface area contributed by atoms with E-state index in [9.17, 15) is 9.59 Å². The Hall–Kier alpha value is -6.70. The summed E-state index contributed by atoms with van der Waals surface area (Å²) < 4.78 is 20.6. The van der Waals surface area contributed by atoms with Crippen LogP contribution in [0.1, 0.15) is 71.0 Å². The van der Waals surface area contributed by atoms with Crippen LogP contribution in [-0.2, 0) is 27.2 Å². The van der Waals surface area contributed by atoms with Gasteiger partial charge >= 0.3 is 0 Å². The number of rotatable bonds is 9. The van der Waals surface area contributed by atoms with Crippen LogP contribution in [0.25, 0.3) is 67.2 Å². The molecule has 8 heterocycles. The molecule has 0 bridgehead atoms. The Morgan fingerprint density at radius 2 is 1.28 bits per heavy atom. The smallest absolute Gasteiger partial charge is 0.254 e. The lowest BCUT2D eigenvalue weighted by atomic mass is 9.46. The van der Waals surface area contributed by atoms with Crippen LogP contribution in [0, 0.1) is 42.4 Å². The molecular weight excluding hydrogens is 841 g/mol. The molecule has 0 spiro atoms. The molecule has 8 aromatic rings. The lowest BCUT2D eigenvalue weighted by Crippen LogP contribution is -2.59. The van der Waals surface area contributed by atoms with E-state index in [2.05, 4.69) is 72.4 Å². The number of hydrogen-bond donors (Lipinski definition) is 0. The molecule has 0 N–H and O–H groups in total. The zero-order valence-corrected chi connectivity index (χ0v) is 39.0. The third kappa shape index (κ3) is 5.10. The van der Waals surface area contributed by atoms with Crippen molar-refractivity contribution in [3.63, 3.8) is 0 Å². The standard InChI is InChI=1S/C53H54N10O4/c1-8-60-39(51-57-35-15-29(20-40(66-6)45(35)59(51)5)52(64)62-23-32-12-27-18-37(62)42(27)32)19-28-13-31(22-54-48(28)60)43-34-14-33-24-63(47(43)44(33)34)53(65)30-16-36-46(41(21-30)67-7)58(4)50(56-36)38-17-26-11-10-25(3)55-49(26)61(38)9-2/h10-11,13,15-17,19-22,27,32-34,37,42-44,47H,8-9,12,14,18,23-24H2,1-7H3/t27?,32-,33-,34?,37-,42-,43?,44+,47-/m1/s1. The van der Waals surface area contributed by atoms with Crippen molar-refractivity contribution in [3.05, 3.63) is 83.2 Å². The van der Waals surface area contributed by atoms with E-state index in [1.54, 1.807) is 14.2 Å². The molecule has 0 radical (unpaired) electrons. The minimum Gasteiger partial charge on any atom is -0.494 e. The molecule has 2 aromatic carbocycles. The van der Waals surface area contributed by atoms with E-state index >= 15 is 0 Å². The highest BCUT2D eigenvalue weighted by Gasteiger charge is 2.68. The molecule has 4 aliphatic carbocycles. The Bertz CT molecular complexity index is 3490. The van der Waals surface area contributed by atoms with Crippen molar-refractivity contribution in [2.75, 3.05) is 27.3 Å². The summed E-state index contributed by atoms with van der Waals surface area (Å²) in [6.45, 7) is 9.36. The van der Waals surface area contributed by atoms with Crippen LogP contribution in [-0.4, -0.2) is 99.2 Å². The van der Waals surface area contributed by atoms with E-state index in [0.29, 0.717) is 64.8 Å². The maximum atomic E-state index is 14.8. The summed E-state index contributed by atoms with van der Waals surface area (Å²) >= 11 is 0. The number of carbonyl (C=O) groups excluding carboxylic acids is 2. The maximum Gasteiger partial charge on any atom is 0.254 e. The van der Waals surface area contributed by atoms with E-state index in [4.69, 9.17) is 29.4 Å². The summed E-state index contributed by atoms with van der Waals surface area (Å²) in [6.07, 6.45) is 5.58. The molecule has 9 atom stereocenters. The van der Waals surface area contributed by atoms with E-state index < -0.39 is 0 Å². The minimum atomic E-state index is 0.0254. The highest BCUT2D eigenvalue weighted by molar-refractivity contribution is 6.02. The van der Waals surface area contributed by atoms with Gasteiger partial charge < -0.3 is 37.5 Å². The van der Waals surface area contributed by atoms with Gasteiger partial charge in [-0.2, -0.15) is 0 Å². The quantitative estimate of drug-likeness (QED) is 0.142. The van der Waals surface area contributed by atoms with Gasteiger partial charge in [0.25, 0.3) is 11.8 Å². The van der Waals surface area contributed by atoms with Gasteiger partial charge in [0.05, 0.1) is 36.6 Å². The van der Waals surface area contributed by atoms with Gasteiger partial charge in [-0.15, -0.1) is 0 Å². The average molecular weight is 895 g/mol. The van der Waals surface area contributed by atoms with Gasteiger partial charge in [-0.1, -0.05) is 0 Å². The van der Waals surface area contributed by atoms with Crippen LogP contribution in [0.15, 0.2) is 60.8 Å². The summed E-state index contributed by atoms with van der Waals surface area (Å²) in [5.41, 5.74) is 10.4. The van der Waals surface area contributed by atoms with Crippen molar-refractivity contribution in [1.82, 2.24) is 48.0 Å². The fourth-order valence-electron chi connectivity index (χ4n) is 14.5. The summed E-state index contributed by atoms with van der Waals surface area (Å²) in [4.78, 5) is 53.5. The lowest BCUT2D eigenvalue weighted by Gasteiger charge is -2.59. The van der Waals surface area contributed by atoms with Crippen molar-refractivity contribution >= 4 is 55.9 Å². The third-order valence-corrected chi connectivity index (χ3v) is 17.6. The van der Waals surface area contributed by atoms with E-state index in [1.165, 1.54) is 12.0 Å². The normalized spacial score (nSPS) is 26.5. The van der Waals surface area contributed by atoms with E-state index in [0.717, 1.165) is 111 Å². The second-order valence-electron chi connectivity index (χ2n) is 20.5. The predicted octanol–water partition coefficient (Wildman–Crippen LogP) is 8.21. The molecule has 6 aliphatic rings. The summed E-state index contributed by atoms with van der Waals surface area (Å²) in [6, 6.07) is 19.0. The number of amides is 2. The molecule has 67 heavy (non-hydrogen) atoms. The van der Waals surface area contributed by atoms with Gasteiger partial charge in [0.15, 0.2) is 11.6 Å². The number of ether oxygens (including phenoxy) is 2. The van der Waals surface area contributed by atoms with Gasteiger partial charge in [0.2, 0.25) is 0 Å². The number of aromatic nitrogens is 8. The van der Waals surface area contributed by atoms with E-state index in [-0.39, 0.29) is 23.8 Å². The summed E-state index contributed by atoms with van der Waals surface area (Å²) in [7, 11) is 7.37. The van der Waals surface area contributed by atoms with Crippen LogP contribution < -0.4 is 9.47 Å². The summed E-state index contributed by atoms with van der Waals surface area (Å²) in [5, 5.41) is 2.12. The van der Waals surface area contributed by atoms with Crippen LogP contribution in [0.5, 0.6) is 11.5 Å². The molecular formula is C53H54N10O4. The van der Waals surface area contributed by atoms with Gasteiger partial charge in [-0.05, 0) is 136 Å². The first kappa shape index (κ1) is 39.5. The number of fused-ring (bicyclic) bond motifs is 4. The lowest BCUT2D eigenvalue weighted by molar-refractivity contribution is -0.0487. The molecule has 4 saturated carbocycles. The molecule has 2 saturated heterocycles. The van der Waals surface area contributed by atoms with Crippen LogP contribution >= 0.6 is 0 Å². The Morgan fingerprint density at radius 3 is 1.91 bits per heavy atom. The first-order valence-corrected chi connectivity index (χ1v) is 24.2. The van der Waals surface area contributed by atoms with Crippen LogP contribution in [0.2, 0.25) is 0 Å². The van der Waals surface area contributed by atoms with Crippen molar-refractivity contribution in [3.8, 4) is 34.5 Å². The van der Waals surface area contributed by atoms with Crippen molar-refractivity contribution in [2.24, 2.45) is 49.6 Å².